The lowest BCUT2D eigenvalue weighted by molar-refractivity contribution is -0.00716. The van der Waals surface area contributed by atoms with Gasteiger partial charge in [0.2, 0.25) is 5.91 Å². The number of nitrogens with zero attached hydrogens (tertiary/aromatic N) is 2. The van der Waals surface area contributed by atoms with E-state index < -0.39 is 5.91 Å². The molecular weight excluding hydrogens is 456 g/mol. The summed E-state index contributed by atoms with van der Waals surface area (Å²) in [6.45, 7) is 5.83. The fraction of sp³-hybridized carbons (Fsp3) is 0.429. The molecule has 2 saturated heterocycles. The van der Waals surface area contributed by atoms with Gasteiger partial charge in [0.1, 0.15) is 0 Å². The molecule has 3 aliphatic heterocycles. The molecule has 190 valence electrons. The van der Waals surface area contributed by atoms with E-state index in [4.69, 9.17) is 10.5 Å². The Bertz CT molecular complexity index is 1220. The first-order valence-electron chi connectivity index (χ1n) is 12.7. The van der Waals surface area contributed by atoms with Gasteiger partial charge in [-0.2, -0.15) is 0 Å². The Morgan fingerprint density at radius 3 is 2.42 bits per heavy atom. The molecule has 2 amide bonds. The zero-order valence-electron chi connectivity index (χ0n) is 20.7. The van der Waals surface area contributed by atoms with E-state index in [0.717, 1.165) is 38.9 Å². The number of carbonyl (C=O) groups is 2. The average molecular weight is 491 g/mol. The Balaban J connectivity index is 0.000000149. The van der Waals surface area contributed by atoms with Crippen LogP contribution in [-0.2, 0) is 17.7 Å². The number of aliphatic hydroxyl groups excluding tert-OH is 1. The number of hydrogen-bond acceptors (Lipinski definition) is 5. The second-order valence-corrected chi connectivity index (χ2v) is 10.0. The Labute approximate surface area is 211 Å². The summed E-state index contributed by atoms with van der Waals surface area (Å²) in [6.07, 6.45) is 2.85. The smallest absolute Gasteiger partial charge is 0.254 e. The van der Waals surface area contributed by atoms with Crippen LogP contribution < -0.4 is 5.73 Å². The summed E-state index contributed by atoms with van der Waals surface area (Å²) in [5.74, 6) is -0.461. The number of aromatic nitrogens is 1. The van der Waals surface area contributed by atoms with Gasteiger partial charge in [0.15, 0.2) is 0 Å². The molecule has 0 aliphatic carbocycles. The number of carbonyl (C=O) groups excluding carboxylic acids is 2. The number of β-amino-alcohol motifs (C(OH)–C–C–N with tert-alkyl or cyclic N) is 1. The van der Waals surface area contributed by atoms with Gasteiger partial charge in [-0.3, -0.25) is 14.5 Å². The van der Waals surface area contributed by atoms with Gasteiger partial charge in [-0.15, -0.1) is 0 Å². The zero-order chi connectivity index (χ0) is 25.2. The average Bonchev–Trinajstić information content (AvgIpc) is 3.36. The molecule has 8 heteroatoms. The maximum atomic E-state index is 12.5. The van der Waals surface area contributed by atoms with Crippen LogP contribution >= 0.6 is 0 Å². The van der Waals surface area contributed by atoms with Crippen molar-refractivity contribution >= 4 is 22.7 Å². The first-order chi connectivity index (χ1) is 17.4. The lowest BCUT2D eigenvalue weighted by atomic mass is 10.0. The summed E-state index contributed by atoms with van der Waals surface area (Å²) in [4.78, 5) is 31.2. The van der Waals surface area contributed by atoms with Gasteiger partial charge in [0.05, 0.1) is 31.4 Å². The molecule has 36 heavy (non-hydrogen) atoms. The number of amides is 2. The SMILES string of the molecule is CC(O)CN1CCc2c([nH]c3ccccc23)C1.NC(=O)c1ccc(C(=O)N2C3CCC2COC3)cc1. The minimum atomic E-state index is -0.481. The highest BCUT2D eigenvalue weighted by molar-refractivity contribution is 5.97. The maximum absolute atomic E-state index is 12.5. The summed E-state index contributed by atoms with van der Waals surface area (Å²) < 4.78 is 5.47. The van der Waals surface area contributed by atoms with Crippen LogP contribution in [0, 0.1) is 0 Å². The molecule has 3 unspecified atom stereocenters. The van der Waals surface area contributed by atoms with Crippen molar-refractivity contribution < 1.29 is 19.4 Å². The zero-order valence-corrected chi connectivity index (χ0v) is 20.7. The number of primary amides is 1. The van der Waals surface area contributed by atoms with Crippen molar-refractivity contribution in [2.45, 2.75) is 50.9 Å². The van der Waals surface area contributed by atoms with Gasteiger partial charge in [0, 0.05) is 47.4 Å². The molecule has 4 N–H and O–H groups in total. The van der Waals surface area contributed by atoms with E-state index in [-0.39, 0.29) is 24.1 Å². The minimum absolute atomic E-state index is 0.0202. The van der Waals surface area contributed by atoms with Crippen molar-refractivity contribution in [1.82, 2.24) is 14.8 Å². The van der Waals surface area contributed by atoms with E-state index in [0.29, 0.717) is 24.3 Å². The molecule has 1 aromatic heterocycles. The lowest BCUT2D eigenvalue weighted by Gasteiger charge is -2.34. The third-order valence-corrected chi connectivity index (χ3v) is 7.38. The number of para-hydroxylation sites is 1. The number of nitrogens with two attached hydrogens (primary N) is 1. The highest BCUT2D eigenvalue weighted by atomic mass is 16.5. The number of hydrogen-bond donors (Lipinski definition) is 3. The van der Waals surface area contributed by atoms with E-state index in [1.165, 1.54) is 22.2 Å². The molecule has 4 heterocycles. The summed E-state index contributed by atoms with van der Waals surface area (Å²) in [5, 5.41) is 10.8. The second kappa shape index (κ2) is 10.4. The molecule has 0 spiro atoms. The normalized spacial score (nSPS) is 22.0. The Morgan fingerprint density at radius 1 is 1.08 bits per heavy atom. The molecule has 2 bridgehead atoms. The van der Waals surface area contributed by atoms with Gasteiger partial charge in [-0.25, -0.2) is 0 Å². The largest absolute Gasteiger partial charge is 0.392 e. The highest BCUT2D eigenvalue weighted by Gasteiger charge is 2.40. The van der Waals surface area contributed by atoms with Crippen LogP contribution in [0.4, 0.5) is 0 Å². The van der Waals surface area contributed by atoms with Gasteiger partial charge in [-0.05, 0) is 62.1 Å². The van der Waals surface area contributed by atoms with Crippen LogP contribution in [0.3, 0.4) is 0 Å². The van der Waals surface area contributed by atoms with Crippen LogP contribution in [0.1, 0.15) is 51.7 Å². The summed E-state index contributed by atoms with van der Waals surface area (Å²) in [5.41, 5.74) is 10.2. The Hall–Kier alpha value is -3.20. The van der Waals surface area contributed by atoms with Crippen LogP contribution in [-0.4, -0.2) is 76.2 Å². The number of H-pyrrole nitrogens is 1. The van der Waals surface area contributed by atoms with Gasteiger partial charge in [0.25, 0.3) is 5.91 Å². The standard InChI is InChI=1S/C14H16N2O3.C14H18N2O/c15-13(17)9-1-3-10(4-2-9)14(18)16-11-5-6-12(16)8-19-7-11;1-10(17)8-16-7-6-12-11-4-2-3-5-13(11)15-14(12)9-16/h1-4,11-12H,5-8H2,(H2,15,17);2-5,10,15,17H,6-9H2,1H3. The topological polar surface area (TPSA) is 112 Å². The third-order valence-electron chi connectivity index (χ3n) is 7.38. The Kier molecular flexibility index (Phi) is 7.09. The van der Waals surface area contributed by atoms with E-state index in [1.54, 1.807) is 24.3 Å². The molecule has 3 atom stereocenters. The quantitative estimate of drug-likeness (QED) is 0.521. The molecule has 3 aliphatic rings. The molecule has 0 saturated carbocycles. The number of rotatable bonds is 4. The number of aliphatic hydroxyl groups is 1. The van der Waals surface area contributed by atoms with E-state index in [9.17, 15) is 14.7 Å². The van der Waals surface area contributed by atoms with Crippen molar-refractivity contribution in [2.24, 2.45) is 5.73 Å². The van der Waals surface area contributed by atoms with Gasteiger partial charge in [-0.1, -0.05) is 18.2 Å². The van der Waals surface area contributed by atoms with Crippen molar-refractivity contribution in [3.63, 3.8) is 0 Å². The molecule has 8 nitrogen and oxygen atoms in total. The maximum Gasteiger partial charge on any atom is 0.254 e. The van der Waals surface area contributed by atoms with Crippen LogP contribution in [0.5, 0.6) is 0 Å². The van der Waals surface area contributed by atoms with Crippen molar-refractivity contribution in [3.05, 3.63) is 70.9 Å². The fourth-order valence-electron chi connectivity index (χ4n) is 5.66. The van der Waals surface area contributed by atoms with Crippen molar-refractivity contribution in [1.29, 1.82) is 0 Å². The van der Waals surface area contributed by atoms with Crippen LogP contribution in [0.2, 0.25) is 0 Å². The first-order valence-corrected chi connectivity index (χ1v) is 12.7. The predicted molar refractivity (Wildman–Crippen MR) is 138 cm³/mol. The van der Waals surface area contributed by atoms with Crippen LogP contribution in [0.15, 0.2) is 48.5 Å². The monoisotopic (exact) mass is 490 g/mol. The number of benzene rings is 2. The van der Waals surface area contributed by atoms with Crippen molar-refractivity contribution in [2.75, 3.05) is 26.3 Å². The van der Waals surface area contributed by atoms with E-state index in [1.807, 2.05) is 11.8 Å². The number of aromatic amines is 1. The molecule has 2 aromatic carbocycles. The van der Waals surface area contributed by atoms with Gasteiger partial charge >= 0.3 is 0 Å². The first kappa shape index (κ1) is 24.5. The second-order valence-electron chi connectivity index (χ2n) is 10.0. The summed E-state index contributed by atoms with van der Waals surface area (Å²) >= 11 is 0. The van der Waals surface area contributed by atoms with Crippen LogP contribution in [0.25, 0.3) is 10.9 Å². The van der Waals surface area contributed by atoms with E-state index in [2.05, 4.69) is 34.1 Å². The number of nitrogens with one attached hydrogen (secondary N) is 1. The minimum Gasteiger partial charge on any atom is -0.392 e. The molecule has 3 aromatic rings. The highest BCUT2D eigenvalue weighted by Crippen LogP contribution is 2.30. The lowest BCUT2D eigenvalue weighted by Crippen LogP contribution is -2.49. The van der Waals surface area contributed by atoms with Crippen molar-refractivity contribution in [3.8, 4) is 0 Å². The number of morpholine rings is 1. The fourth-order valence-corrected chi connectivity index (χ4v) is 5.66. The summed E-state index contributed by atoms with van der Waals surface area (Å²) in [7, 11) is 0. The molecule has 2 fully saturated rings. The third kappa shape index (κ3) is 5.02. The van der Waals surface area contributed by atoms with E-state index >= 15 is 0 Å². The molecule has 0 radical (unpaired) electrons. The summed E-state index contributed by atoms with van der Waals surface area (Å²) in [6, 6.07) is 15.4. The number of ether oxygens (including phenoxy) is 1. The predicted octanol–water partition coefficient (Wildman–Crippen LogP) is 2.70. The Morgan fingerprint density at radius 2 is 1.75 bits per heavy atom. The molecule has 6 rings (SSSR count). The molecular formula is C28H34N4O4. The number of fused-ring (bicyclic) bond motifs is 5. The van der Waals surface area contributed by atoms with Gasteiger partial charge < -0.3 is 25.5 Å².